The Labute approximate surface area is 128 Å². The topological polar surface area (TPSA) is 80.6 Å². The van der Waals surface area contributed by atoms with E-state index < -0.39 is 12.1 Å². The lowest BCUT2D eigenvalue weighted by molar-refractivity contribution is 0.0696. The van der Waals surface area contributed by atoms with Gasteiger partial charge in [0.25, 0.3) is 0 Å². The Hall–Kier alpha value is -2.76. The molecule has 2 N–H and O–H groups in total. The molecule has 6 heteroatoms. The summed E-state index contributed by atoms with van der Waals surface area (Å²) in [5.74, 6) is -0.981. The van der Waals surface area contributed by atoms with Crippen LogP contribution in [0, 0.1) is 6.92 Å². The maximum atomic E-state index is 11.7. The van der Waals surface area contributed by atoms with Gasteiger partial charge in [-0.2, -0.15) is 0 Å². The van der Waals surface area contributed by atoms with E-state index in [1.807, 2.05) is 30.3 Å². The molecule has 1 aromatic heterocycles. The van der Waals surface area contributed by atoms with E-state index in [1.165, 1.54) is 0 Å². The number of carboxylic acid groups (broad SMARTS) is 1. The van der Waals surface area contributed by atoms with Crippen molar-refractivity contribution in [3.63, 3.8) is 0 Å². The fourth-order valence-corrected chi connectivity index (χ4v) is 2.09. The molecule has 1 amide bonds. The number of carboxylic acids is 1. The van der Waals surface area contributed by atoms with Crippen LogP contribution in [0.3, 0.4) is 0 Å². The third-order valence-corrected chi connectivity index (χ3v) is 3.49. The van der Waals surface area contributed by atoms with Gasteiger partial charge in [0.2, 0.25) is 0 Å². The third kappa shape index (κ3) is 3.66. The number of amides is 1. The van der Waals surface area contributed by atoms with Crippen molar-refractivity contribution in [1.29, 1.82) is 0 Å². The first-order valence-electron chi connectivity index (χ1n) is 6.82. The Bertz CT molecular complexity index is 677. The van der Waals surface area contributed by atoms with Gasteiger partial charge in [0.05, 0.1) is 12.1 Å². The van der Waals surface area contributed by atoms with Gasteiger partial charge in [0.15, 0.2) is 0 Å². The van der Waals surface area contributed by atoms with Crippen molar-refractivity contribution in [2.45, 2.75) is 20.1 Å². The summed E-state index contributed by atoms with van der Waals surface area (Å²) >= 11 is 0. The Balaban J connectivity index is 1.89. The van der Waals surface area contributed by atoms with Crippen LogP contribution in [0.2, 0.25) is 0 Å². The molecule has 22 heavy (non-hydrogen) atoms. The zero-order valence-electron chi connectivity index (χ0n) is 12.5. The molecule has 0 aliphatic heterocycles. The molecule has 0 atom stereocenters. The van der Waals surface area contributed by atoms with E-state index in [0.29, 0.717) is 11.4 Å². The maximum Gasteiger partial charge on any atom is 0.407 e. The lowest BCUT2D eigenvalue weighted by atomic mass is 10.2. The van der Waals surface area contributed by atoms with Gasteiger partial charge in [-0.15, -0.1) is 0 Å². The van der Waals surface area contributed by atoms with Crippen molar-refractivity contribution in [2.24, 2.45) is 7.05 Å². The Morgan fingerprint density at radius 3 is 2.55 bits per heavy atom. The zero-order valence-corrected chi connectivity index (χ0v) is 12.5. The minimum atomic E-state index is -0.981. The number of ether oxygens (including phenoxy) is 1. The molecule has 0 saturated carbocycles. The molecule has 6 nitrogen and oxygen atoms in total. The van der Waals surface area contributed by atoms with Gasteiger partial charge in [-0.05, 0) is 18.6 Å². The number of carbonyl (C=O) groups is 2. The van der Waals surface area contributed by atoms with E-state index in [4.69, 9.17) is 9.84 Å². The lowest BCUT2D eigenvalue weighted by Gasteiger charge is -2.08. The summed E-state index contributed by atoms with van der Waals surface area (Å²) in [5.41, 5.74) is 2.48. The van der Waals surface area contributed by atoms with Crippen molar-refractivity contribution in [1.82, 2.24) is 9.88 Å². The zero-order chi connectivity index (χ0) is 16.1. The van der Waals surface area contributed by atoms with Crippen LogP contribution in [0.4, 0.5) is 4.79 Å². The standard InChI is InChI=1S/C16H18N2O4/c1-11-14(15(19)20)8-13(18(11)2)9-17-16(21)22-10-12-6-4-3-5-7-12/h3-8H,9-10H2,1-2H3,(H,17,21)(H,19,20). The number of rotatable bonds is 5. The predicted molar refractivity (Wildman–Crippen MR) is 80.6 cm³/mol. The van der Waals surface area contributed by atoms with Crippen LogP contribution in [-0.4, -0.2) is 21.7 Å². The highest BCUT2D eigenvalue weighted by Gasteiger charge is 2.15. The van der Waals surface area contributed by atoms with Crippen LogP contribution in [0.25, 0.3) is 0 Å². The van der Waals surface area contributed by atoms with Crippen molar-refractivity contribution >= 4 is 12.1 Å². The Kier molecular flexibility index (Phi) is 4.83. The van der Waals surface area contributed by atoms with Crippen molar-refractivity contribution in [3.05, 3.63) is 58.9 Å². The molecule has 1 aromatic carbocycles. The largest absolute Gasteiger partial charge is 0.478 e. The number of aromatic nitrogens is 1. The molecule has 0 spiro atoms. The summed E-state index contributed by atoms with van der Waals surface area (Å²) in [7, 11) is 1.76. The van der Waals surface area contributed by atoms with Gasteiger partial charge in [-0.1, -0.05) is 30.3 Å². The second-order valence-electron chi connectivity index (χ2n) is 4.91. The summed E-state index contributed by atoms with van der Waals surface area (Å²) in [5, 5.41) is 11.7. The lowest BCUT2D eigenvalue weighted by Crippen LogP contribution is -2.24. The van der Waals surface area contributed by atoms with Crippen molar-refractivity contribution in [2.75, 3.05) is 0 Å². The highest BCUT2D eigenvalue weighted by molar-refractivity contribution is 5.89. The molecule has 0 unspecified atom stereocenters. The van der Waals surface area contributed by atoms with E-state index in [9.17, 15) is 9.59 Å². The van der Waals surface area contributed by atoms with Crippen molar-refractivity contribution < 1.29 is 19.4 Å². The normalized spacial score (nSPS) is 10.3. The molecule has 0 aliphatic carbocycles. The molecule has 0 fully saturated rings. The quantitative estimate of drug-likeness (QED) is 0.889. The summed E-state index contributed by atoms with van der Waals surface area (Å²) < 4.78 is 6.84. The Morgan fingerprint density at radius 1 is 1.27 bits per heavy atom. The van der Waals surface area contributed by atoms with Crippen molar-refractivity contribution in [3.8, 4) is 0 Å². The highest BCUT2D eigenvalue weighted by Crippen LogP contribution is 2.14. The fraction of sp³-hybridized carbons (Fsp3) is 0.250. The fourth-order valence-electron chi connectivity index (χ4n) is 2.09. The van der Waals surface area contributed by atoms with E-state index in [-0.39, 0.29) is 18.7 Å². The minimum Gasteiger partial charge on any atom is -0.478 e. The molecule has 1 heterocycles. The number of carbonyl (C=O) groups excluding carboxylic acids is 1. The van der Waals surface area contributed by atoms with Crippen LogP contribution in [0.15, 0.2) is 36.4 Å². The first-order valence-corrected chi connectivity index (χ1v) is 6.82. The summed E-state index contributed by atoms with van der Waals surface area (Å²) in [6.07, 6.45) is -0.542. The summed E-state index contributed by atoms with van der Waals surface area (Å²) in [6, 6.07) is 10.9. The van der Waals surface area contributed by atoms with Crippen LogP contribution in [0.1, 0.15) is 27.3 Å². The third-order valence-electron chi connectivity index (χ3n) is 3.49. The van der Waals surface area contributed by atoms with Crippen LogP contribution >= 0.6 is 0 Å². The van der Waals surface area contributed by atoms with E-state index in [1.54, 1.807) is 24.6 Å². The number of hydrogen-bond donors (Lipinski definition) is 2. The molecule has 0 saturated heterocycles. The van der Waals surface area contributed by atoms with Gasteiger partial charge in [-0.3, -0.25) is 0 Å². The van der Waals surface area contributed by atoms with Gasteiger partial charge in [0.1, 0.15) is 6.61 Å². The van der Waals surface area contributed by atoms with Gasteiger partial charge >= 0.3 is 12.1 Å². The molecular formula is C16H18N2O4. The number of alkyl carbamates (subject to hydrolysis) is 1. The second-order valence-corrected chi connectivity index (χ2v) is 4.91. The van der Waals surface area contributed by atoms with E-state index in [0.717, 1.165) is 5.56 Å². The average molecular weight is 302 g/mol. The number of nitrogens with zero attached hydrogens (tertiary/aromatic N) is 1. The molecule has 0 bridgehead atoms. The number of hydrogen-bond acceptors (Lipinski definition) is 3. The SMILES string of the molecule is Cc1c(C(=O)O)cc(CNC(=O)OCc2ccccc2)n1C. The first-order chi connectivity index (χ1) is 10.5. The van der Waals surface area contributed by atoms with Crippen LogP contribution in [-0.2, 0) is 24.9 Å². The smallest absolute Gasteiger partial charge is 0.407 e. The molecular weight excluding hydrogens is 284 g/mol. The maximum absolute atomic E-state index is 11.7. The van der Waals surface area contributed by atoms with Crippen LogP contribution in [0.5, 0.6) is 0 Å². The summed E-state index contributed by atoms with van der Waals surface area (Å²) in [6.45, 7) is 2.12. The molecule has 2 rings (SSSR count). The van der Waals surface area contributed by atoms with Gasteiger partial charge in [0, 0.05) is 18.4 Å². The predicted octanol–water partition coefficient (Wildman–Crippen LogP) is 2.46. The monoisotopic (exact) mass is 302 g/mol. The minimum absolute atomic E-state index is 0.194. The second kappa shape index (κ2) is 6.80. The number of aromatic carboxylic acids is 1. The van der Waals surface area contributed by atoms with Gasteiger partial charge in [-0.25, -0.2) is 9.59 Å². The summed E-state index contributed by atoms with van der Waals surface area (Å²) in [4.78, 5) is 22.7. The molecule has 2 aromatic rings. The van der Waals surface area contributed by atoms with E-state index >= 15 is 0 Å². The highest BCUT2D eigenvalue weighted by atomic mass is 16.5. The molecule has 0 radical (unpaired) electrons. The molecule has 116 valence electrons. The van der Waals surface area contributed by atoms with Gasteiger partial charge < -0.3 is 19.7 Å². The number of benzene rings is 1. The molecule has 0 aliphatic rings. The first kappa shape index (κ1) is 15.6. The number of nitrogens with one attached hydrogen (secondary N) is 1. The Morgan fingerprint density at radius 2 is 1.95 bits per heavy atom. The van der Waals surface area contributed by atoms with Crippen LogP contribution < -0.4 is 5.32 Å². The average Bonchev–Trinajstić information content (AvgIpc) is 2.80. The van der Waals surface area contributed by atoms with E-state index in [2.05, 4.69) is 5.32 Å².